The summed E-state index contributed by atoms with van der Waals surface area (Å²) >= 11 is 0. The Hall–Kier alpha value is -2.49. The van der Waals surface area contributed by atoms with Gasteiger partial charge in [0.25, 0.3) is 5.91 Å². The number of nitrogens with zero attached hydrogens (tertiary/aromatic N) is 2. The van der Waals surface area contributed by atoms with Gasteiger partial charge >= 0.3 is 0 Å². The molecule has 1 fully saturated rings. The molecule has 1 saturated heterocycles. The van der Waals surface area contributed by atoms with Crippen molar-refractivity contribution in [2.45, 2.75) is 19.3 Å². The summed E-state index contributed by atoms with van der Waals surface area (Å²) in [6.45, 7) is 3.26. The summed E-state index contributed by atoms with van der Waals surface area (Å²) in [4.78, 5) is 17.1. The molecule has 0 N–H and O–H groups in total. The number of rotatable bonds is 3. The van der Waals surface area contributed by atoms with Crippen molar-refractivity contribution >= 4 is 11.6 Å². The number of aryl methyl sites for hydroxylation is 2. The molecule has 0 aromatic heterocycles. The monoisotopic (exact) mass is 336 g/mol. The molecule has 2 aliphatic rings. The van der Waals surface area contributed by atoms with E-state index in [-0.39, 0.29) is 5.91 Å². The number of hydrogen-bond acceptors (Lipinski definition) is 3. The van der Waals surface area contributed by atoms with Crippen LogP contribution in [0.4, 0.5) is 5.69 Å². The second-order valence-electron chi connectivity index (χ2n) is 6.81. The molecule has 4 heteroatoms. The van der Waals surface area contributed by atoms with Crippen LogP contribution >= 0.6 is 0 Å². The number of hydrogen-bond donors (Lipinski definition) is 0. The lowest BCUT2D eigenvalue weighted by molar-refractivity contribution is 0.0746. The number of benzene rings is 2. The molecule has 130 valence electrons. The first-order chi connectivity index (χ1) is 12.2. The van der Waals surface area contributed by atoms with Gasteiger partial charge in [0.1, 0.15) is 5.75 Å². The number of methoxy groups -OCH3 is 1. The Bertz CT molecular complexity index is 762. The van der Waals surface area contributed by atoms with Gasteiger partial charge in [0.15, 0.2) is 0 Å². The first kappa shape index (κ1) is 16.0. The van der Waals surface area contributed by atoms with Crippen LogP contribution < -0.4 is 9.64 Å². The zero-order chi connectivity index (χ0) is 17.2. The van der Waals surface area contributed by atoms with Gasteiger partial charge in [-0.1, -0.05) is 6.07 Å². The van der Waals surface area contributed by atoms with Crippen LogP contribution in [0.25, 0.3) is 0 Å². The van der Waals surface area contributed by atoms with E-state index >= 15 is 0 Å². The smallest absolute Gasteiger partial charge is 0.253 e. The predicted molar refractivity (Wildman–Crippen MR) is 99.6 cm³/mol. The Balaban J connectivity index is 1.40. The van der Waals surface area contributed by atoms with Crippen molar-refractivity contribution in [1.82, 2.24) is 4.90 Å². The molecule has 1 aliphatic heterocycles. The zero-order valence-electron chi connectivity index (χ0n) is 14.7. The van der Waals surface area contributed by atoms with E-state index in [2.05, 4.69) is 29.2 Å². The molecule has 1 amide bonds. The van der Waals surface area contributed by atoms with Gasteiger partial charge in [-0.05, 0) is 66.8 Å². The molecule has 2 aromatic rings. The van der Waals surface area contributed by atoms with Crippen molar-refractivity contribution in [3.8, 4) is 5.75 Å². The summed E-state index contributed by atoms with van der Waals surface area (Å²) < 4.78 is 5.21. The number of amides is 1. The van der Waals surface area contributed by atoms with Crippen LogP contribution in [0.3, 0.4) is 0 Å². The van der Waals surface area contributed by atoms with Crippen molar-refractivity contribution in [3.05, 3.63) is 59.2 Å². The number of anilines is 1. The van der Waals surface area contributed by atoms with E-state index in [1.807, 2.05) is 23.1 Å². The average molecular weight is 336 g/mol. The Morgan fingerprint density at radius 1 is 0.920 bits per heavy atom. The van der Waals surface area contributed by atoms with Crippen LogP contribution in [0.1, 0.15) is 27.9 Å². The van der Waals surface area contributed by atoms with Gasteiger partial charge in [0, 0.05) is 37.4 Å². The molecule has 25 heavy (non-hydrogen) atoms. The van der Waals surface area contributed by atoms with Crippen molar-refractivity contribution in [2.24, 2.45) is 0 Å². The molecule has 0 spiro atoms. The Labute approximate surface area is 149 Å². The molecule has 1 heterocycles. The van der Waals surface area contributed by atoms with E-state index in [0.717, 1.165) is 50.3 Å². The molecule has 4 nitrogen and oxygen atoms in total. The van der Waals surface area contributed by atoms with Gasteiger partial charge in [-0.2, -0.15) is 0 Å². The largest absolute Gasteiger partial charge is 0.497 e. The highest BCUT2D eigenvalue weighted by Crippen LogP contribution is 2.24. The van der Waals surface area contributed by atoms with Crippen molar-refractivity contribution < 1.29 is 9.53 Å². The lowest BCUT2D eigenvalue weighted by Gasteiger charge is -2.36. The number of carbonyl (C=O) groups excluding carboxylic acids is 1. The normalized spacial score (nSPS) is 16.7. The zero-order valence-corrected chi connectivity index (χ0v) is 14.7. The fourth-order valence-corrected chi connectivity index (χ4v) is 3.85. The molecular weight excluding hydrogens is 312 g/mol. The number of ether oxygens (including phenoxy) is 1. The van der Waals surface area contributed by atoms with Gasteiger partial charge in [0.2, 0.25) is 0 Å². The second kappa shape index (κ2) is 6.79. The van der Waals surface area contributed by atoms with Crippen molar-refractivity contribution in [3.63, 3.8) is 0 Å². The quantitative estimate of drug-likeness (QED) is 0.863. The third-order valence-corrected chi connectivity index (χ3v) is 5.35. The first-order valence-corrected chi connectivity index (χ1v) is 9.05. The van der Waals surface area contributed by atoms with E-state index in [1.54, 1.807) is 7.11 Å². The maximum absolute atomic E-state index is 12.8. The molecule has 0 radical (unpaired) electrons. The van der Waals surface area contributed by atoms with Gasteiger partial charge in [-0.25, -0.2) is 0 Å². The summed E-state index contributed by atoms with van der Waals surface area (Å²) in [7, 11) is 1.68. The van der Waals surface area contributed by atoms with E-state index in [9.17, 15) is 4.79 Å². The molecule has 2 aromatic carbocycles. The fraction of sp³-hybridized carbons (Fsp3) is 0.381. The van der Waals surface area contributed by atoms with Crippen LogP contribution in [0.5, 0.6) is 5.75 Å². The molecule has 0 unspecified atom stereocenters. The summed E-state index contributed by atoms with van der Waals surface area (Å²) in [5, 5.41) is 0. The number of piperazine rings is 1. The third-order valence-electron chi connectivity index (χ3n) is 5.35. The highest BCUT2D eigenvalue weighted by Gasteiger charge is 2.23. The van der Waals surface area contributed by atoms with Crippen LogP contribution in [0.15, 0.2) is 42.5 Å². The van der Waals surface area contributed by atoms with E-state index < -0.39 is 0 Å². The van der Waals surface area contributed by atoms with Crippen LogP contribution in [-0.4, -0.2) is 44.1 Å². The lowest BCUT2D eigenvalue weighted by Crippen LogP contribution is -2.48. The third kappa shape index (κ3) is 3.21. The number of carbonyl (C=O) groups is 1. The van der Waals surface area contributed by atoms with Crippen molar-refractivity contribution in [2.75, 3.05) is 38.2 Å². The second-order valence-corrected chi connectivity index (χ2v) is 6.81. The molecule has 0 bridgehead atoms. The summed E-state index contributed by atoms with van der Waals surface area (Å²) in [5.74, 6) is 1.04. The first-order valence-electron chi connectivity index (χ1n) is 9.05. The minimum absolute atomic E-state index is 0.170. The minimum Gasteiger partial charge on any atom is -0.497 e. The lowest BCUT2D eigenvalue weighted by atomic mass is 10.1. The standard InChI is InChI=1S/C21H24N2O2/c1-25-20-9-7-19(8-10-20)22-11-13-23(14-12-22)21(24)18-6-5-16-3-2-4-17(16)15-18/h5-10,15H,2-4,11-14H2,1H3. The van der Waals surface area contributed by atoms with E-state index in [1.165, 1.54) is 23.2 Å². The van der Waals surface area contributed by atoms with Gasteiger partial charge in [-0.3, -0.25) is 4.79 Å². The highest BCUT2D eigenvalue weighted by molar-refractivity contribution is 5.94. The summed E-state index contributed by atoms with van der Waals surface area (Å²) in [6, 6.07) is 14.4. The Kier molecular flexibility index (Phi) is 4.35. The van der Waals surface area contributed by atoms with Gasteiger partial charge < -0.3 is 14.5 Å². The molecule has 0 atom stereocenters. The van der Waals surface area contributed by atoms with Gasteiger partial charge in [-0.15, -0.1) is 0 Å². The van der Waals surface area contributed by atoms with Crippen LogP contribution in [0.2, 0.25) is 0 Å². The van der Waals surface area contributed by atoms with Gasteiger partial charge in [0.05, 0.1) is 7.11 Å². The van der Waals surface area contributed by atoms with E-state index in [4.69, 9.17) is 4.74 Å². The molecule has 1 aliphatic carbocycles. The SMILES string of the molecule is COc1ccc(N2CCN(C(=O)c3ccc4c(c3)CCC4)CC2)cc1. The molecule has 4 rings (SSSR count). The molecule has 0 saturated carbocycles. The van der Waals surface area contributed by atoms with Crippen LogP contribution in [-0.2, 0) is 12.8 Å². The predicted octanol–water partition coefficient (Wildman–Crippen LogP) is 3.15. The summed E-state index contributed by atoms with van der Waals surface area (Å²) in [6.07, 6.45) is 3.49. The maximum atomic E-state index is 12.8. The van der Waals surface area contributed by atoms with Crippen LogP contribution in [0, 0.1) is 0 Å². The van der Waals surface area contributed by atoms with E-state index in [0.29, 0.717) is 0 Å². The fourth-order valence-electron chi connectivity index (χ4n) is 3.85. The minimum atomic E-state index is 0.170. The average Bonchev–Trinajstić information content (AvgIpc) is 3.15. The Morgan fingerprint density at radius 2 is 1.64 bits per heavy atom. The van der Waals surface area contributed by atoms with Crippen molar-refractivity contribution in [1.29, 1.82) is 0 Å². The highest BCUT2D eigenvalue weighted by atomic mass is 16.5. The topological polar surface area (TPSA) is 32.8 Å². The maximum Gasteiger partial charge on any atom is 0.253 e. The molecular formula is C21H24N2O2. The Morgan fingerprint density at radius 3 is 2.36 bits per heavy atom. The number of fused-ring (bicyclic) bond motifs is 1. The summed E-state index contributed by atoms with van der Waals surface area (Å²) in [5.41, 5.74) is 4.81.